The zero-order chi connectivity index (χ0) is 37.8. The first kappa shape index (κ1) is 34.7. The highest BCUT2D eigenvalue weighted by Gasteiger charge is 2.26. The third-order valence-corrected chi connectivity index (χ3v) is 10.3. The van der Waals surface area contributed by atoms with Crippen molar-refractivity contribution in [1.82, 2.24) is 0 Å². The lowest BCUT2D eigenvalue weighted by molar-refractivity contribution is 0.340. The van der Waals surface area contributed by atoms with E-state index in [1.54, 1.807) is 0 Å². The van der Waals surface area contributed by atoms with Gasteiger partial charge in [0.25, 0.3) is 0 Å². The Morgan fingerprint density at radius 3 is 0.875 bits per heavy atom. The van der Waals surface area contributed by atoms with Crippen LogP contribution in [0, 0.1) is 0 Å². The number of rotatable bonds is 10. The number of ether oxygens (including phenoxy) is 2. The molecule has 0 amide bonds. The van der Waals surface area contributed by atoms with Crippen molar-refractivity contribution in [3.05, 3.63) is 194 Å². The van der Waals surface area contributed by atoms with E-state index < -0.39 is 0 Å². The van der Waals surface area contributed by atoms with Crippen LogP contribution in [0.4, 0.5) is 34.1 Å². The Bertz CT molecular complexity index is 2340. The van der Waals surface area contributed by atoms with Crippen LogP contribution in [0.3, 0.4) is 0 Å². The molecule has 4 nitrogen and oxygen atoms in total. The molecular formula is C52H42N2O2. The molecule has 0 unspecified atom stereocenters. The Morgan fingerprint density at radius 1 is 0.286 bits per heavy atom. The van der Waals surface area contributed by atoms with Crippen LogP contribution in [0.1, 0.15) is 13.8 Å². The lowest BCUT2D eigenvalue weighted by atomic mass is 9.80. The van der Waals surface area contributed by atoms with Gasteiger partial charge in [-0.15, -0.1) is 0 Å². The van der Waals surface area contributed by atoms with Crippen LogP contribution in [0.15, 0.2) is 194 Å². The van der Waals surface area contributed by atoms with Crippen molar-refractivity contribution < 1.29 is 9.47 Å². The molecule has 0 atom stereocenters. The van der Waals surface area contributed by atoms with Gasteiger partial charge >= 0.3 is 0 Å². The minimum absolute atomic E-state index is 0.584. The number of anilines is 6. The summed E-state index contributed by atoms with van der Waals surface area (Å²) in [4.78, 5) is 4.66. The minimum atomic E-state index is 0.584. The van der Waals surface area contributed by atoms with Gasteiger partial charge in [-0.2, -0.15) is 0 Å². The number of para-hydroxylation sites is 4. The molecule has 0 aliphatic heterocycles. The summed E-state index contributed by atoms with van der Waals surface area (Å²) >= 11 is 0. The van der Waals surface area contributed by atoms with E-state index in [9.17, 15) is 0 Å². The summed E-state index contributed by atoms with van der Waals surface area (Å²) in [6.07, 6.45) is 0. The smallest absolute Gasteiger partial charge is 0.119 e. The normalized spacial score (nSPS) is 11.2. The van der Waals surface area contributed by atoms with Gasteiger partial charge < -0.3 is 19.3 Å². The summed E-state index contributed by atoms with van der Waals surface area (Å²) in [7, 11) is 0. The Hall–Kier alpha value is -7.04. The first-order chi connectivity index (χ1) is 27.7. The van der Waals surface area contributed by atoms with Gasteiger partial charge in [0.2, 0.25) is 0 Å². The highest BCUT2D eigenvalue weighted by Crippen LogP contribution is 2.52. The molecule has 0 saturated carbocycles. The highest BCUT2D eigenvalue weighted by atomic mass is 16.5. The Morgan fingerprint density at radius 2 is 0.571 bits per heavy atom. The topological polar surface area (TPSA) is 24.9 Å². The molecule has 0 N–H and O–H groups in total. The summed E-state index contributed by atoms with van der Waals surface area (Å²) in [5.41, 5.74) is 15.6. The molecule has 0 fully saturated rings. The molecule has 1 aliphatic rings. The van der Waals surface area contributed by atoms with Gasteiger partial charge in [-0.3, -0.25) is 0 Å². The first-order valence-corrected chi connectivity index (χ1v) is 19.3. The summed E-state index contributed by atoms with van der Waals surface area (Å²) in [5.74, 6) is 1.69. The fourth-order valence-electron chi connectivity index (χ4n) is 7.94. The summed E-state index contributed by atoms with van der Waals surface area (Å²) in [6, 6.07) is 69.2. The molecule has 272 valence electrons. The largest absolute Gasteiger partial charge is 0.494 e. The molecule has 0 radical (unpaired) electrons. The second-order valence-electron chi connectivity index (χ2n) is 13.8. The van der Waals surface area contributed by atoms with E-state index in [0.29, 0.717) is 13.2 Å². The molecule has 0 aromatic heterocycles. The Kier molecular flexibility index (Phi) is 9.53. The van der Waals surface area contributed by atoms with Crippen molar-refractivity contribution in [3.63, 3.8) is 0 Å². The van der Waals surface area contributed by atoms with Crippen molar-refractivity contribution in [2.24, 2.45) is 0 Å². The second-order valence-corrected chi connectivity index (χ2v) is 13.8. The third-order valence-electron chi connectivity index (χ3n) is 10.3. The maximum absolute atomic E-state index is 6.17. The summed E-state index contributed by atoms with van der Waals surface area (Å²) in [5, 5.41) is 0. The number of hydrogen-bond acceptors (Lipinski definition) is 4. The van der Waals surface area contributed by atoms with Gasteiger partial charge in [-0.1, -0.05) is 97.1 Å². The molecule has 0 spiro atoms. The highest BCUT2D eigenvalue weighted by molar-refractivity contribution is 6.05. The van der Waals surface area contributed by atoms with E-state index in [0.717, 1.165) is 90.1 Å². The average molecular weight is 727 g/mol. The molecule has 0 heterocycles. The summed E-state index contributed by atoms with van der Waals surface area (Å²) < 4.78 is 12.3. The predicted octanol–water partition coefficient (Wildman–Crippen LogP) is 14.4. The zero-order valence-corrected chi connectivity index (χ0v) is 31.6. The Balaban J connectivity index is 1.33. The fraction of sp³-hybridized carbons (Fsp3) is 0.0769. The number of benzene rings is 8. The van der Waals surface area contributed by atoms with Crippen molar-refractivity contribution in [2.75, 3.05) is 23.0 Å². The van der Waals surface area contributed by atoms with E-state index in [4.69, 9.17) is 9.47 Å². The maximum atomic E-state index is 6.17. The predicted molar refractivity (Wildman–Crippen MR) is 233 cm³/mol. The van der Waals surface area contributed by atoms with E-state index in [-0.39, 0.29) is 0 Å². The maximum Gasteiger partial charge on any atom is 0.119 e. The van der Waals surface area contributed by atoms with Crippen molar-refractivity contribution in [3.8, 4) is 56.0 Å². The first-order valence-electron chi connectivity index (χ1n) is 19.3. The van der Waals surface area contributed by atoms with Gasteiger partial charge in [0.05, 0.1) is 13.2 Å². The van der Waals surface area contributed by atoms with Crippen molar-refractivity contribution >= 4 is 34.1 Å². The molecule has 0 bridgehead atoms. The lowest BCUT2D eigenvalue weighted by Gasteiger charge is -2.30. The van der Waals surface area contributed by atoms with Crippen LogP contribution < -0.4 is 19.3 Å². The molecular weight excluding hydrogens is 685 g/mol. The fourth-order valence-corrected chi connectivity index (χ4v) is 7.94. The second kappa shape index (κ2) is 15.4. The number of nitrogens with zero attached hydrogens (tertiary/aromatic N) is 2. The van der Waals surface area contributed by atoms with Crippen LogP contribution in [-0.2, 0) is 0 Å². The van der Waals surface area contributed by atoms with E-state index in [2.05, 4.69) is 204 Å². The molecule has 8 aromatic carbocycles. The quantitative estimate of drug-likeness (QED) is 0.140. The molecule has 1 aliphatic carbocycles. The molecule has 4 heteroatoms. The van der Waals surface area contributed by atoms with Crippen LogP contribution in [0.5, 0.6) is 11.5 Å². The molecule has 8 aromatic rings. The summed E-state index contributed by atoms with van der Waals surface area (Å²) in [6.45, 7) is 5.24. The van der Waals surface area contributed by atoms with E-state index >= 15 is 0 Å². The van der Waals surface area contributed by atoms with Crippen LogP contribution in [0.2, 0.25) is 0 Å². The number of hydrogen-bond donors (Lipinski definition) is 0. The SMILES string of the molecule is CCOc1ccc2c(c1)-c1cc(N(c3ccccc3)c3ccccc3)ccc1-c1ccc(N(c3ccccc3)c3ccccc3)cc1-c1cc(OCC)ccc1-2. The van der Waals surface area contributed by atoms with Gasteiger partial charge in [-0.25, -0.2) is 0 Å². The van der Waals surface area contributed by atoms with Crippen LogP contribution in [0.25, 0.3) is 44.5 Å². The van der Waals surface area contributed by atoms with Crippen LogP contribution >= 0.6 is 0 Å². The van der Waals surface area contributed by atoms with E-state index in [1.807, 2.05) is 13.8 Å². The molecule has 0 saturated heterocycles. The van der Waals surface area contributed by atoms with Gasteiger partial charge in [0.15, 0.2) is 0 Å². The molecule has 9 rings (SSSR count). The van der Waals surface area contributed by atoms with Crippen molar-refractivity contribution in [2.45, 2.75) is 13.8 Å². The van der Waals surface area contributed by atoms with Gasteiger partial charge in [0, 0.05) is 34.1 Å². The standard InChI is InChI=1S/C52H42N2O2/c1-3-55-43-27-31-47-48-32-28-44(56-4-2)36-52(48)50-34-42(54(39-21-13-7-14-22-39)40-23-15-8-16-24-40)26-30-46(50)45-29-25-41(33-49(45)51(47)35-43)53(37-17-9-5-10-18-37)38-19-11-6-12-20-38/h5-36H,3-4H2,1-2H3. The lowest BCUT2D eigenvalue weighted by Crippen LogP contribution is -2.11. The van der Waals surface area contributed by atoms with Gasteiger partial charge in [-0.05, 0) is 155 Å². The monoisotopic (exact) mass is 726 g/mol. The number of fused-ring (bicyclic) bond motifs is 8. The molecule has 56 heavy (non-hydrogen) atoms. The van der Waals surface area contributed by atoms with Gasteiger partial charge in [0.1, 0.15) is 11.5 Å². The Labute approximate surface area is 329 Å². The zero-order valence-electron chi connectivity index (χ0n) is 31.6. The minimum Gasteiger partial charge on any atom is -0.494 e. The third kappa shape index (κ3) is 6.56. The van der Waals surface area contributed by atoms with Crippen LogP contribution in [-0.4, -0.2) is 13.2 Å². The van der Waals surface area contributed by atoms with E-state index in [1.165, 1.54) is 0 Å². The average Bonchev–Trinajstić information content (AvgIpc) is 3.25. The van der Waals surface area contributed by atoms with Crippen molar-refractivity contribution in [1.29, 1.82) is 0 Å².